The van der Waals surface area contributed by atoms with Gasteiger partial charge in [-0.1, -0.05) is 41.9 Å². The second kappa shape index (κ2) is 7.14. The minimum absolute atomic E-state index is 0.216. The number of furan rings is 1. The fourth-order valence-corrected chi connectivity index (χ4v) is 3.57. The maximum absolute atomic E-state index is 13.2. The van der Waals surface area contributed by atoms with E-state index in [1.165, 1.54) is 11.2 Å². The molecule has 2 aromatic carbocycles. The lowest BCUT2D eigenvalue weighted by atomic mass is 9.87. The van der Waals surface area contributed by atoms with E-state index in [0.717, 1.165) is 0 Å². The lowest BCUT2D eigenvalue weighted by Gasteiger charge is -2.23. The second-order valence-corrected chi connectivity index (χ2v) is 6.92. The van der Waals surface area contributed by atoms with Gasteiger partial charge in [0.05, 0.1) is 18.5 Å². The number of rotatable bonds is 5. The van der Waals surface area contributed by atoms with Crippen LogP contribution >= 0.6 is 11.6 Å². The van der Waals surface area contributed by atoms with Gasteiger partial charge in [-0.2, -0.15) is 0 Å². The summed E-state index contributed by atoms with van der Waals surface area (Å²) in [5.74, 6) is -0.351. The lowest BCUT2D eigenvalue weighted by Crippen LogP contribution is -2.45. The third kappa shape index (κ3) is 3.06. The Morgan fingerprint density at radius 2 is 1.96 bits per heavy atom. The Balaban J connectivity index is 1.62. The molecule has 0 fully saturated rings. The number of nitrogens with one attached hydrogen (secondary N) is 1. The van der Waals surface area contributed by atoms with E-state index >= 15 is 0 Å². The Hall–Kier alpha value is -3.09. The zero-order valence-corrected chi connectivity index (χ0v) is 15.5. The average molecular weight is 397 g/mol. The van der Waals surface area contributed by atoms with Crippen LogP contribution in [-0.2, 0) is 21.7 Å². The Morgan fingerprint density at radius 3 is 2.71 bits per heavy atom. The molecule has 2 heterocycles. The maximum atomic E-state index is 13.2. The van der Waals surface area contributed by atoms with E-state index < -0.39 is 11.5 Å². The molecule has 0 spiro atoms. The number of fused-ring (bicyclic) bond motifs is 1. The molecule has 2 amide bonds. The fraction of sp³-hybridized carbons (Fsp3) is 0.143. The lowest BCUT2D eigenvalue weighted by molar-refractivity contribution is -0.133. The van der Waals surface area contributed by atoms with Gasteiger partial charge in [0.1, 0.15) is 12.3 Å². The molecule has 1 atom stereocenters. The number of hydrogen-bond acceptors (Lipinski definition) is 4. The normalized spacial score (nSPS) is 18.2. The number of carbonyl (C=O) groups excluding carboxylic acids is 2. The number of nitrogens with zero attached hydrogens (tertiary/aromatic N) is 1. The van der Waals surface area contributed by atoms with E-state index in [0.29, 0.717) is 27.6 Å². The number of amides is 2. The molecular formula is C21H17ClN2O4. The Kier molecular flexibility index (Phi) is 4.66. The zero-order valence-electron chi connectivity index (χ0n) is 14.8. The highest BCUT2D eigenvalue weighted by Gasteiger charge is 2.51. The maximum Gasteiger partial charge on any atom is 0.268 e. The molecule has 142 valence electrons. The van der Waals surface area contributed by atoms with Crippen LogP contribution in [0.25, 0.3) is 0 Å². The van der Waals surface area contributed by atoms with Gasteiger partial charge in [0.15, 0.2) is 5.60 Å². The standard InChI is InChI=1S/C21H17ClN2O4/c22-15-6-3-5-14(11-15)21(27)17-8-1-2-9-18(17)24(20(21)26)13-19(25)23-12-16-7-4-10-28-16/h1-11,27H,12-13H2,(H,23,25)/t21-/m1/s1. The summed E-state index contributed by atoms with van der Waals surface area (Å²) in [7, 11) is 0. The summed E-state index contributed by atoms with van der Waals surface area (Å²) in [5.41, 5.74) is -0.636. The molecule has 0 bridgehead atoms. The molecule has 2 N–H and O–H groups in total. The van der Waals surface area contributed by atoms with Crippen LogP contribution in [0.15, 0.2) is 71.3 Å². The molecular weight excluding hydrogens is 380 g/mol. The number of para-hydroxylation sites is 1. The van der Waals surface area contributed by atoms with Gasteiger partial charge in [0.25, 0.3) is 5.91 Å². The van der Waals surface area contributed by atoms with Gasteiger partial charge in [0.2, 0.25) is 5.91 Å². The van der Waals surface area contributed by atoms with E-state index in [-0.39, 0.29) is 19.0 Å². The van der Waals surface area contributed by atoms with E-state index in [4.69, 9.17) is 16.0 Å². The minimum Gasteiger partial charge on any atom is -0.467 e. The van der Waals surface area contributed by atoms with Gasteiger partial charge < -0.3 is 14.8 Å². The third-order valence-electron chi connectivity index (χ3n) is 4.72. The molecule has 7 heteroatoms. The number of benzene rings is 2. The van der Waals surface area contributed by atoms with Gasteiger partial charge in [-0.15, -0.1) is 0 Å². The molecule has 0 radical (unpaired) electrons. The van der Waals surface area contributed by atoms with Crippen LogP contribution in [0.4, 0.5) is 5.69 Å². The first kappa shape index (κ1) is 18.3. The number of anilines is 1. The van der Waals surface area contributed by atoms with E-state index in [9.17, 15) is 14.7 Å². The predicted molar refractivity (Wildman–Crippen MR) is 104 cm³/mol. The number of hydrogen-bond donors (Lipinski definition) is 2. The van der Waals surface area contributed by atoms with Crippen molar-refractivity contribution in [2.75, 3.05) is 11.4 Å². The number of aliphatic hydroxyl groups is 1. The summed E-state index contributed by atoms with van der Waals surface area (Å²) < 4.78 is 5.19. The van der Waals surface area contributed by atoms with Crippen molar-refractivity contribution in [1.29, 1.82) is 0 Å². The van der Waals surface area contributed by atoms with Crippen molar-refractivity contribution in [2.45, 2.75) is 12.1 Å². The van der Waals surface area contributed by atoms with Gasteiger partial charge in [-0.25, -0.2) is 0 Å². The number of halogens is 1. The fourth-order valence-electron chi connectivity index (χ4n) is 3.38. The molecule has 1 aliphatic heterocycles. The van der Waals surface area contributed by atoms with Crippen molar-refractivity contribution in [1.82, 2.24) is 5.32 Å². The molecule has 0 saturated carbocycles. The van der Waals surface area contributed by atoms with Crippen molar-refractivity contribution in [2.24, 2.45) is 0 Å². The van der Waals surface area contributed by atoms with Gasteiger partial charge >= 0.3 is 0 Å². The average Bonchev–Trinajstić information content (AvgIpc) is 3.29. The topological polar surface area (TPSA) is 82.8 Å². The monoisotopic (exact) mass is 396 g/mol. The molecule has 28 heavy (non-hydrogen) atoms. The van der Waals surface area contributed by atoms with Crippen LogP contribution in [0.3, 0.4) is 0 Å². The quantitative estimate of drug-likeness (QED) is 0.694. The van der Waals surface area contributed by atoms with Gasteiger partial charge in [-0.05, 0) is 35.9 Å². The minimum atomic E-state index is -1.90. The van der Waals surface area contributed by atoms with Crippen LogP contribution in [0.1, 0.15) is 16.9 Å². The summed E-state index contributed by atoms with van der Waals surface area (Å²) in [6.45, 7) is -0.00645. The second-order valence-electron chi connectivity index (χ2n) is 6.49. The first-order chi connectivity index (χ1) is 13.5. The molecule has 3 aromatic rings. The predicted octanol–water partition coefficient (Wildman–Crippen LogP) is 2.83. The van der Waals surface area contributed by atoms with Crippen LogP contribution in [0, 0.1) is 0 Å². The van der Waals surface area contributed by atoms with Crippen LogP contribution in [-0.4, -0.2) is 23.5 Å². The van der Waals surface area contributed by atoms with E-state index in [1.54, 1.807) is 60.7 Å². The first-order valence-electron chi connectivity index (χ1n) is 8.69. The van der Waals surface area contributed by atoms with Crippen LogP contribution in [0.5, 0.6) is 0 Å². The van der Waals surface area contributed by atoms with Crippen LogP contribution in [0.2, 0.25) is 5.02 Å². The third-order valence-corrected chi connectivity index (χ3v) is 4.96. The van der Waals surface area contributed by atoms with E-state index in [1.807, 2.05) is 0 Å². The van der Waals surface area contributed by atoms with E-state index in [2.05, 4.69) is 5.32 Å². The van der Waals surface area contributed by atoms with Crippen molar-refractivity contribution >= 4 is 29.1 Å². The SMILES string of the molecule is O=C(CN1C(=O)[C@@](O)(c2cccc(Cl)c2)c2ccccc21)NCc1ccco1. The summed E-state index contributed by atoms with van der Waals surface area (Å²) >= 11 is 6.06. The smallest absolute Gasteiger partial charge is 0.268 e. The Labute approximate surface area is 166 Å². The van der Waals surface area contributed by atoms with Crippen molar-refractivity contribution in [3.05, 3.63) is 88.8 Å². The van der Waals surface area contributed by atoms with Crippen molar-refractivity contribution in [3.63, 3.8) is 0 Å². The van der Waals surface area contributed by atoms with Crippen molar-refractivity contribution < 1.29 is 19.1 Å². The number of carbonyl (C=O) groups is 2. The Bertz CT molecular complexity index is 1030. The molecule has 1 aliphatic rings. The van der Waals surface area contributed by atoms with Gasteiger partial charge in [-0.3, -0.25) is 14.5 Å². The summed E-state index contributed by atoms with van der Waals surface area (Å²) in [4.78, 5) is 26.9. The summed E-state index contributed by atoms with van der Waals surface area (Å²) in [6, 6.07) is 16.9. The molecule has 0 unspecified atom stereocenters. The highest BCUT2D eigenvalue weighted by atomic mass is 35.5. The summed E-state index contributed by atoms with van der Waals surface area (Å²) in [5, 5.41) is 14.5. The summed E-state index contributed by atoms with van der Waals surface area (Å²) in [6.07, 6.45) is 1.52. The molecule has 0 aliphatic carbocycles. The first-order valence-corrected chi connectivity index (χ1v) is 9.07. The highest BCUT2D eigenvalue weighted by Crippen LogP contribution is 2.44. The largest absolute Gasteiger partial charge is 0.467 e. The molecule has 6 nitrogen and oxygen atoms in total. The van der Waals surface area contributed by atoms with Gasteiger partial charge in [0, 0.05) is 10.6 Å². The Morgan fingerprint density at radius 1 is 1.14 bits per heavy atom. The molecule has 0 saturated heterocycles. The van der Waals surface area contributed by atoms with Crippen LogP contribution < -0.4 is 10.2 Å². The molecule has 4 rings (SSSR count). The highest BCUT2D eigenvalue weighted by molar-refractivity contribution is 6.30. The van der Waals surface area contributed by atoms with Crippen molar-refractivity contribution in [3.8, 4) is 0 Å². The zero-order chi connectivity index (χ0) is 19.7. The molecule has 1 aromatic heterocycles.